The van der Waals surface area contributed by atoms with E-state index in [1.807, 2.05) is 14.1 Å². The number of nitrogens with zero attached hydrogens (tertiary/aromatic N) is 1. The summed E-state index contributed by atoms with van der Waals surface area (Å²) in [5, 5.41) is 25.4. The normalized spacial score (nSPS) is 12.1. The molecular formula is C55H73NO3. The van der Waals surface area contributed by atoms with E-state index in [0.717, 1.165) is 61.2 Å². The Balaban J connectivity index is 1.88. The van der Waals surface area contributed by atoms with Crippen LogP contribution in [0.3, 0.4) is 0 Å². The molecule has 2 N–H and O–H groups in total. The zero-order chi connectivity index (χ0) is 43.8. The summed E-state index contributed by atoms with van der Waals surface area (Å²) >= 11 is 0. The average molecular weight is 796 g/mol. The van der Waals surface area contributed by atoms with E-state index in [1.165, 1.54) is 33.4 Å². The van der Waals surface area contributed by atoms with Crippen molar-refractivity contribution in [3.63, 3.8) is 0 Å². The molecule has 5 rings (SSSR count). The standard InChI is InChI=1S/C55H73NO3/c1-30(2)39-26-41(32(5)6)51(42(27-39)33(7)8)49-24-36(13)20-45(53(49)57)47-22-38(15)23-48(55(47)59-19-18-56(16)17)46-21-37(14)25-50(54(46)58)52-43(34(9)10)28-40(31(3)4)29-44(52)35(11)12/h20-35,57-58H,18-19H2,1-17H3. The third-order valence-electron chi connectivity index (χ3n) is 11.9. The number of rotatable bonds is 14. The van der Waals surface area contributed by atoms with Crippen LogP contribution in [-0.4, -0.2) is 42.4 Å². The van der Waals surface area contributed by atoms with E-state index in [2.05, 4.69) is 169 Å². The number of likely N-dealkylation sites (N-methyl/N-ethyl adjacent to an activating group) is 1. The Morgan fingerprint density at radius 2 is 0.712 bits per heavy atom. The van der Waals surface area contributed by atoms with Crippen LogP contribution in [-0.2, 0) is 0 Å². The van der Waals surface area contributed by atoms with Gasteiger partial charge in [-0.15, -0.1) is 0 Å². The van der Waals surface area contributed by atoms with Crippen molar-refractivity contribution in [2.75, 3.05) is 27.2 Å². The number of benzene rings is 5. The fourth-order valence-corrected chi connectivity index (χ4v) is 8.54. The van der Waals surface area contributed by atoms with Crippen LogP contribution in [0.2, 0.25) is 0 Å². The highest BCUT2D eigenvalue weighted by Gasteiger charge is 2.28. The van der Waals surface area contributed by atoms with Gasteiger partial charge in [0.25, 0.3) is 0 Å². The highest BCUT2D eigenvalue weighted by molar-refractivity contribution is 5.94. The van der Waals surface area contributed by atoms with Gasteiger partial charge in [-0.25, -0.2) is 0 Å². The van der Waals surface area contributed by atoms with Crippen LogP contribution in [0.5, 0.6) is 17.2 Å². The molecule has 59 heavy (non-hydrogen) atoms. The molecule has 0 aromatic heterocycles. The van der Waals surface area contributed by atoms with E-state index in [-0.39, 0.29) is 35.2 Å². The van der Waals surface area contributed by atoms with Crippen LogP contribution in [0.1, 0.15) is 169 Å². The summed E-state index contributed by atoms with van der Waals surface area (Å²) in [5.41, 5.74) is 17.8. The molecule has 0 aliphatic heterocycles. The van der Waals surface area contributed by atoms with E-state index in [1.54, 1.807) is 0 Å². The van der Waals surface area contributed by atoms with Crippen molar-refractivity contribution in [1.29, 1.82) is 0 Å². The molecule has 4 heteroatoms. The van der Waals surface area contributed by atoms with E-state index in [0.29, 0.717) is 30.7 Å². The summed E-state index contributed by atoms with van der Waals surface area (Å²) in [5.74, 6) is 2.95. The molecule has 0 saturated carbocycles. The van der Waals surface area contributed by atoms with Gasteiger partial charge >= 0.3 is 0 Å². The van der Waals surface area contributed by atoms with Gasteiger partial charge in [0.2, 0.25) is 0 Å². The first-order valence-electron chi connectivity index (χ1n) is 22.1. The number of phenols is 2. The minimum absolute atomic E-state index is 0.244. The number of phenolic OH excluding ortho intramolecular Hbond substituents is 2. The van der Waals surface area contributed by atoms with Gasteiger partial charge in [0, 0.05) is 39.9 Å². The maximum Gasteiger partial charge on any atom is 0.135 e. The number of hydrogen-bond donors (Lipinski definition) is 2. The number of ether oxygens (including phenoxy) is 1. The molecule has 0 heterocycles. The minimum atomic E-state index is 0.244. The third-order valence-corrected chi connectivity index (χ3v) is 11.9. The smallest absolute Gasteiger partial charge is 0.135 e. The first-order valence-corrected chi connectivity index (χ1v) is 22.1. The van der Waals surface area contributed by atoms with Gasteiger partial charge in [-0.2, -0.15) is 0 Å². The lowest BCUT2D eigenvalue weighted by Crippen LogP contribution is -2.19. The zero-order valence-corrected chi connectivity index (χ0v) is 39.4. The third kappa shape index (κ3) is 9.60. The summed E-state index contributed by atoms with van der Waals surface area (Å²) < 4.78 is 6.89. The fourth-order valence-electron chi connectivity index (χ4n) is 8.54. The van der Waals surface area contributed by atoms with Gasteiger partial charge in [0.1, 0.15) is 23.9 Å². The molecule has 5 aromatic carbocycles. The van der Waals surface area contributed by atoms with Crippen molar-refractivity contribution in [3.05, 3.63) is 111 Å². The molecule has 316 valence electrons. The lowest BCUT2D eigenvalue weighted by atomic mass is 9.80. The molecule has 0 unspecified atom stereocenters. The van der Waals surface area contributed by atoms with Gasteiger partial charge in [-0.3, -0.25) is 0 Å². The zero-order valence-electron chi connectivity index (χ0n) is 39.4. The SMILES string of the molecule is Cc1cc(-c2cc(C)cc(-c3cc(C)cc(-c4c(C(C)C)cc(C(C)C)cc4C(C)C)c3O)c2OCCN(C)C)c(O)c(-c2c(C(C)C)cc(C(C)C)cc2C(C)C)c1. The maximum atomic E-state index is 12.7. The Labute approximate surface area is 357 Å². The van der Waals surface area contributed by atoms with Crippen molar-refractivity contribution in [3.8, 4) is 61.8 Å². The Morgan fingerprint density at radius 1 is 0.424 bits per heavy atom. The van der Waals surface area contributed by atoms with Gasteiger partial charge in [-0.1, -0.05) is 107 Å². The van der Waals surface area contributed by atoms with Crippen LogP contribution in [0.25, 0.3) is 44.5 Å². The molecule has 0 aliphatic carbocycles. The molecule has 0 aliphatic rings. The van der Waals surface area contributed by atoms with Crippen molar-refractivity contribution < 1.29 is 14.9 Å². The topological polar surface area (TPSA) is 52.9 Å². The Kier molecular flexibility index (Phi) is 14.2. The predicted molar refractivity (Wildman–Crippen MR) is 254 cm³/mol. The average Bonchev–Trinajstić information content (AvgIpc) is 3.15. The number of hydrogen-bond acceptors (Lipinski definition) is 4. The molecule has 4 nitrogen and oxygen atoms in total. The molecule has 0 spiro atoms. The summed E-state index contributed by atoms with van der Waals surface area (Å²) in [7, 11) is 4.09. The van der Waals surface area contributed by atoms with Gasteiger partial charge < -0.3 is 19.8 Å². The summed E-state index contributed by atoms with van der Waals surface area (Å²) in [4.78, 5) is 2.11. The molecule has 0 atom stereocenters. The number of aryl methyl sites for hydroxylation is 3. The van der Waals surface area contributed by atoms with E-state index < -0.39 is 0 Å². The quantitative estimate of drug-likeness (QED) is 0.118. The summed E-state index contributed by atoms with van der Waals surface area (Å²) in [6.07, 6.45) is 0. The highest BCUT2D eigenvalue weighted by atomic mass is 16.5. The monoisotopic (exact) mass is 796 g/mol. The van der Waals surface area contributed by atoms with Crippen LogP contribution < -0.4 is 4.74 Å². The van der Waals surface area contributed by atoms with E-state index in [4.69, 9.17) is 4.74 Å². The van der Waals surface area contributed by atoms with Crippen molar-refractivity contribution in [1.82, 2.24) is 4.90 Å². The predicted octanol–water partition coefficient (Wildman–Crippen LogP) is 15.4. The molecule has 0 saturated heterocycles. The second kappa shape index (κ2) is 18.4. The lowest BCUT2D eigenvalue weighted by Gasteiger charge is -2.26. The molecule has 0 fully saturated rings. The van der Waals surface area contributed by atoms with Crippen molar-refractivity contribution >= 4 is 0 Å². The van der Waals surface area contributed by atoms with E-state index in [9.17, 15) is 10.2 Å². The van der Waals surface area contributed by atoms with Crippen LogP contribution in [0.15, 0.2) is 60.7 Å². The first-order chi connectivity index (χ1) is 27.6. The Bertz CT molecular complexity index is 2090. The largest absolute Gasteiger partial charge is 0.507 e. The lowest BCUT2D eigenvalue weighted by molar-refractivity contribution is 0.263. The molecule has 0 radical (unpaired) electrons. The van der Waals surface area contributed by atoms with Gasteiger partial charge in [-0.05, 0) is 168 Å². The summed E-state index contributed by atoms with van der Waals surface area (Å²) in [6, 6.07) is 22.1. The maximum absolute atomic E-state index is 12.7. The van der Waals surface area contributed by atoms with Crippen LogP contribution in [0.4, 0.5) is 0 Å². The molecule has 0 bridgehead atoms. The van der Waals surface area contributed by atoms with Crippen molar-refractivity contribution in [2.24, 2.45) is 0 Å². The van der Waals surface area contributed by atoms with Crippen molar-refractivity contribution in [2.45, 2.75) is 139 Å². The molecular weight excluding hydrogens is 723 g/mol. The van der Waals surface area contributed by atoms with Crippen LogP contribution in [0, 0.1) is 20.8 Å². The van der Waals surface area contributed by atoms with Gasteiger partial charge in [0.05, 0.1) is 0 Å². The highest BCUT2D eigenvalue weighted by Crippen LogP contribution is 2.52. The van der Waals surface area contributed by atoms with Gasteiger partial charge in [0.15, 0.2) is 0 Å². The Morgan fingerprint density at radius 3 is 0.983 bits per heavy atom. The summed E-state index contributed by atoms with van der Waals surface area (Å²) in [6.45, 7) is 34.5. The van der Waals surface area contributed by atoms with Crippen LogP contribution >= 0.6 is 0 Å². The Hall–Kier alpha value is -4.54. The molecule has 5 aromatic rings. The number of aromatic hydroxyl groups is 2. The fraction of sp³-hybridized carbons (Fsp3) is 0.455. The minimum Gasteiger partial charge on any atom is -0.507 e. The van der Waals surface area contributed by atoms with E-state index >= 15 is 0 Å². The second-order valence-electron chi connectivity index (χ2n) is 19.3. The second-order valence-corrected chi connectivity index (χ2v) is 19.3. The molecule has 0 amide bonds. The first kappa shape index (κ1) is 45.5.